The molecule has 0 unspecified atom stereocenters. The Kier molecular flexibility index (Phi) is 3.40. The van der Waals surface area contributed by atoms with Crippen LogP contribution in [-0.2, 0) is 4.79 Å². The number of hydrogen-bond donors (Lipinski definition) is 1. The van der Waals surface area contributed by atoms with Crippen LogP contribution in [0.15, 0.2) is 24.0 Å². The van der Waals surface area contributed by atoms with Crippen LogP contribution < -0.4 is 0 Å². The maximum atomic E-state index is 10.8. The van der Waals surface area contributed by atoms with Crippen LogP contribution in [0.1, 0.15) is 24.5 Å². The molecule has 3 heteroatoms. The molecule has 1 N–H and O–H groups in total. The average Bonchev–Trinajstić information content (AvgIpc) is 2.16. The number of aryl methyl sites for hydroxylation is 1. The van der Waals surface area contributed by atoms with Gasteiger partial charge in [-0.1, -0.05) is 6.92 Å². The maximum absolute atomic E-state index is 10.8. The second-order valence-corrected chi connectivity index (χ2v) is 3.06. The molecule has 0 saturated carbocycles. The van der Waals surface area contributed by atoms with Gasteiger partial charge in [0.2, 0.25) is 0 Å². The van der Waals surface area contributed by atoms with Crippen molar-refractivity contribution in [2.45, 2.75) is 20.3 Å². The molecule has 0 amide bonds. The molecule has 0 fully saturated rings. The van der Waals surface area contributed by atoms with E-state index in [0.29, 0.717) is 12.0 Å². The molecule has 1 heterocycles. The summed E-state index contributed by atoms with van der Waals surface area (Å²) in [5.74, 6) is -0.858. The van der Waals surface area contributed by atoms with Gasteiger partial charge in [-0.2, -0.15) is 0 Å². The Hall–Kier alpha value is -1.64. The Labute approximate surface area is 83.1 Å². The van der Waals surface area contributed by atoms with Crippen molar-refractivity contribution in [3.8, 4) is 0 Å². The second kappa shape index (κ2) is 4.56. The zero-order valence-electron chi connectivity index (χ0n) is 8.32. The number of carboxylic acid groups (broad SMARTS) is 1. The molecule has 1 aromatic rings. The second-order valence-electron chi connectivity index (χ2n) is 3.06. The summed E-state index contributed by atoms with van der Waals surface area (Å²) in [6, 6.07) is 1.81. The van der Waals surface area contributed by atoms with Crippen molar-refractivity contribution in [1.29, 1.82) is 0 Å². The third-order valence-corrected chi connectivity index (χ3v) is 2.05. The SMILES string of the molecule is CC/C(=C\c1ccncc1C)C(=O)O. The molecule has 0 radical (unpaired) electrons. The third-order valence-electron chi connectivity index (χ3n) is 2.05. The summed E-state index contributed by atoms with van der Waals surface area (Å²) in [5, 5.41) is 8.84. The number of hydrogen-bond acceptors (Lipinski definition) is 2. The van der Waals surface area contributed by atoms with Crippen LogP contribution in [0, 0.1) is 6.92 Å². The number of aliphatic carboxylic acids is 1. The lowest BCUT2D eigenvalue weighted by Gasteiger charge is -2.01. The molecule has 0 spiro atoms. The van der Waals surface area contributed by atoms with Gasteiger partial charge in [0.15, 0.2) is 0 Å². The highest BCUT2D eigenvalue weighted by atomic mass is 16.4. The number of nitrogens with zero attached hydrogens (tertiary/aromatic N) is 1. The first kappa shape index (κ1) is 10.4. The molecular weight excluding hydrogens is 178 g/mol. The zero-order chi connectivity index (χ0) is 10.6. The van der Waals surface area contributed by atoms with E-state index in [1.165, 1.54) is 0 Å². The van der Waals surface area contributed by atoms with Gasteiger partial charge < -0.3 is 5.11 Å². The monoisotopic (exact) mass is 191 g/mol. The van der Waals surface area contributed by atoms with Crippen LogP contribution in [0.2, 0.25) is 0 Å². The first-order valence-electron chi connectivity index (χ1n) is 4.49. The van der Waals surface area contributed by atoms with Crippen molar-refractivity contribution in [2.24, 2.45) is 0 Å². The molecule has 0 aliphatic carbocycles. The molecule has 1 rings (SSSR count). The van der Waals surface area contributed by atoms with Crippen molar-refractivity contribution in [3.63, 3.8) is 0 Å². The Bertz CT molecular complexity index is 369. The summed E-state index contributed by atoms with van der Waals surface area (Å²) < 4.78 is 0. The van der Waals surface area contributed by atoms with E-state index in [4.69, 9.17) is 5.11 Å². The average molecular weight is 191 g/mol. The van der Waals surface area contributed by atoms with E-state index in [0.717, 1.165) is 11.1 Å². The first-order valence-corrected chi connectivity index (χ1v) is 4.49. The van der Waals surface area contributed by atoms with Crippen molar-refractivity contribution < 1.29 is 9.90 Å². The van der Waals surface area contributed by atoms with Gasteiger partial charge in [-0.25, -0.2) is 4.79 Å². The molecule has 0 saturated heterocycles. The van der Waals surface area contributed by atoms with E-state index in [1.54, 1.807) is 18.5 Å². The maximum Gasteiger partial charge on any atom is 0.331 e. The molecule has 0 bridgehead atoms. The summed E-state index contributed by atoms with van der Waals surface area (Å²) >= 11 is 0. The fourth-order valence-electron chi connectivity index (χ4n) is 1.15. The molecule has 0 atom stereocenters. The molecular formula is C11H13NO2. The minimum Gasteiger partial charge on any atom is -0.478 e. The fourth-order valence-corrected chi connectivity index (χ4v) is 1.15. The summed E-state index contributed by atoms with van der Waals surface area (Å²) in [7, 11) is 0. The molecule has 74 valence electrons. The topological polar surface area (TPSA) is 50.2 Å². The zero-order valence-corrected chi connectivity index (χ0v) is 8.32. The lowest BCUT2D eigenvalue weighted by atomic mass is 10.1. The smallest absolute Gasteiger partial charge is 0.331 e. The van der Waals surface area contributed by atoms with Crippen LogP contribution in [0.4, 0.5) is 0 Å². The predicted octanol–water partition coefficient (Wildman–Crippen LogP) is 2.27. The van der Waals surface area contributed by atoms with E-state index in [-0.39, 0.29) is 0 Å². The largest absolute Gasteiger partial charge is 0.478 e. The van der Waals surface area contributed by atoms with Crippen LogP contribution in [-0.4, -0.2) is 16.1 Å². The minimum atomic E-state index is -0.858. The number of aromatic nitrogens is 1. The van der Waals surface area contributed by atoms with Gasteiger partial charge in [-0.15, -0.1) is 0 Å². The van der Waals surface area contributed by atoms with Crippen LogP contribution in [0.25, 0.3) is 6.08 Å². The van der Waals surface area contributed by atoms with Gasteiger partial charge >= 0.3 is 5.97 Å². The molecule has 0 aliphatic heterocycles. The molecule has 1 aromatic heterocycles. The molecule has 3 nitrogen and oxygen atoms in total. The van der Waals surface area contributed by atoms with Gasteiger partial charge in [0.1, 0.15) is 0 Å². The normalized spacial score (nSPS) is 11.4. The Morgan fingerprint density at radius 1 is 1.64 bits per heavy atom. The first-order chi connectivity index (χ1) is 6.65. The Morgan fingerprint density at radius 3 is 2.86 bits per heavy atom. The predicted molar refractivity (Wildman–Crippen MR) is 54.9 cm³/mol. The van der Waals surface area contributed by atoms with Crippen molar-refractivity contribution in [3.05, 3.63) is 35.2 Å². The highest BCUT2D eigenvalue weighted by molar-refractivity contribution is 5.92. The summed E-state index contributed by atoms with van der Waals surface area (Å²) in [5.41, 5.74) is 2.32. The third kappa shape index (κ3) is 2.42. The van der Waals surface area contributed by atoms with E-state index in [1.807, 2.05) is 19.9 Å². The van der Waals surface area contributed by atoms with Crippen LogP contribution in [0.5, 0.6) is 0 Å². The van der Waals surface area contributed by atoms with Crippen molar-refractivity contribution in [2.75, 3.05) is 0 Å². The van der Waals surface area contributed by atoms with Crippen molar-refractivity contribution in [1.82, 2.24) is 4.98 Å². The Balaban J connectivity index is 3.07. The quantitative estimate of drug-likeness (QED) is 0.745. The van der Waals surface area contributed by atoms with Gasteiger partial charge in [-0.3, -0.25) is 4.98 Å². The van der Waals surface area contributed by atoms with Crippen LogP contribution >= 0.6 is 0 Å². The number of rotatable bonds is 3. The van der Waals surface area contributed by atoms with Crippen molar-refractivity contribution >= 4 is 12.0 Å². The van der Waals surface area contributed by atoms with Gasteiger partial charge in [0.25, 0.3) is 0 Å². The standard InChI is InChI=1S/C11H13NO2/c1-3-9(11(13)14)6-10-4-5-12-7-8(10)2/h4-7H,3H2,1-2H3,(H,13,14)/b9-6+. The minimum absolute atomic E-state index is 0.416. The number of carbonyl (C=O) groups is 1. The number of pyridine rings is 1. The lowest BCUT2D eigenvalue weighted by molar-refractivity contribution is -0.132. The Morgan fingerprint density at radius 2 is 2.36 bits per heavy atom. The van der Waals surface area contributed by atoms with E-state index in [2.05, 4.69) is 4.98 Å². The highest BCUT2D eigenvalue weighted by Crippen LogP contribution is 2.12. The molecule has 0 aliphatic rings. The summed E-state index contributed by atoms with van der Waals surface area (Å²) in [6.45, 7) is 3.74. The van der Waals surface area contributed by atoms with E-state index in [9.17, 15) is 4.79 Å². The van der Waals surface area contributed by atoms with Gasteiger partial charge in [0.05, 0.1) is 0 Å². The van der Waals surface area contributed by atoms with Gasteiger partial charge in [0, 0.05) is 18.0 Å². The molecule has 14 heavy (non-hydrogen) atoms. The van der Waals surface area contributed by atoms with Gasteiger partial charge in [-0.05, 0) is 36.6 Å². The fraction of sp³-hybridized carbons (Fsp3) is 0.273. The van der Waals surface area contributed by atoms with E-state index < -0.39 is 5.97 Å². The van der Waals surface area contributed by atoms with Crippen LogP contribution in [0.3, 0.4) is 0 Å². The summed E-state index contributed by atoms with van der Waals surface area (Å²) in [4.78, 5) is 14.7. The lowest BCUT2D eigenvalue weighted by Crippen LogP contribution is -1.99. The van der Waals surface area contributed by atoms with E-state index >= 15 is 0 Å². The summed E-state index contributed by atoms with van der Waals surface area (Å²) in [6.07, 6.45) is 5.60. The number of carboxylic acids is 1. The highest BCUT2D eigenvalue weighted by Gasteiger charge is 2.04. The molecule has 0 aromatic carbocycles.